The second-order valence-electron chi connectivity index (χ2n) is 11.0. The number of benzene rings is 1. The van der Waals surface area contributed by atoms with Crippen LogP contribution in [0.1, 0.15) is 71.3 Å². The van der Waals surface area contributed by atoms with Crippen LogP contribution >= 0.6 is 0 Å². The van der Waals surface area contributed by atoms with Crippen molar-refractivity contribution >= 4 is 22.7 Å². The van der Waals surface area contributed by atoms with Crippen LogP contribution in [0.25, 0.3) is 22.2 Å². The van der Waals surface area contributed by atoms with Gasteiger partial charge in [0.05, 0.1) is 6.10 Å². The molecular formula is C29H42N6O. The van der Waals surface area contributed by atoms with Crippen molar-refractivity contribution in [1.29, 1.82) is 0 Å². The fraction of sp³-hybridized carbons (Fsp3) is 0.586. The van der Waals surface area contributed by atoms with Crippen LogP contribution in [0.5, 0.6) is 0 Å². The lowest BCUT2D eigenvalue weighted by Gasteiger charge is -2.30. The summed E-state index contributed by atoms with van der Waals surface area (Å²) in [4.78, 5) is 12.1. The molecule has 3 heterocycles. The van der Waals surface area contributed by atoms with Crippen molar-refractivity contribution in [2.75, 3.05) is 30.8 Å². The molecule has 2 fully saturated rings. The second-order valence-corrected chi connectivity index (χ2v) is 11.0. The summed E-state index contributed by atoms with van der Waals surface area (Å²) in [6.45, 7) is 6.69. The number of aromatic nitrogens is 3. The molecule has 0 unspecified atom stereocenters. The quantitative estimate of drug-likeness (QED) is 0.377. The zero-order chi connectivity index (χ0) is 25.1. The average Bonchev–Trinajstić information content (AvgIpc) is 3.25. The molecule has 0 bridgehead atoms. The minimum absolute atomic E-state index is 0.172. The SMILES string of the molecule is CCC[C@H](C)Nc1ncc2c(-c3ccc(NC4CCN(C)CC4)cc3)cn([C@H]3CC[C@H](O)CC3)c2n1. The fourth-order valence-corrected chi connectivity index (χ4v) is 5.80. The highest BCUT2D eigenvalue weighted by molar-refractivity contribution is 5.94. The van der Waals surface area contributed by atoms with Crippen molar-refractivity contribution in [2.45, 2.75) is 89.4 Å². The topological polar surface area (TPSA) is 78.2 Å². The molecule has 1 saturated heterocycles. The number of likely N-dealkylation sites (tertiary alicyclic amines) is 1. The largest absolute Gasteiger partial charge is 0.393 e. The number of rotatable bonds is 8. The van der Waals surface area contributed by atoms with Crippen LogP contribution in [0, 0.1) is 0 Å². The summed E-state index contributed by atoms with van der Waals surface area (Å²) in [6.07, 6.45) is 12.3. The summed E-state index contributed by atoms with van der Waals surface area (Å²) in [5.41, 5.74) is 4.54. The molecule has 7 nitrogen and oxygen atoms in total. The van der Waals surface area contributed by atoms with Gasteiger partial charge in [-0.25, -0.2) is 4.98 Å². The molecule has 194 valence electrons. The Balaban J connectivity index is 1.42. The van der Waals surface area contributed by atoms with Crippen molar-refractivity contribution < 1.29 is 5.11 Å². The van der Waals surface area contributed by atoms with Gasteiger partial charge in [0, 0.05) is 47.2 Å². The molecular weight excluding hydrogens is 448 g/mol. The Morgan fingerprint density at radius 2 is 1.78 bits per heavy atom. The number of nitrogens with zero attached hydrogens (tertiary/aromatic N) is 4. The van der Waals surface area contributed by atoms with Crippen molar-refractivity contribution in [3.05, 3.63) is 36.7 Å². The van der Waals surface area contributed by atoms with Crippen LogP contribution in [0.4, 0.5) is 11.6 Å². The molecule has 2 aliphatic rings. The van der Waals surface area contributed by atoms with E-state index in [0.29, 0.717) is 24.1 Å². The van der Waals surface area contributed by atoms with E-state index in [1.54, 1.807) is 0 Å². The summed E-state index contributed by atoms with van der Waals surface area (Å²) in [7, 11) is 2.20. The molecule has 3 aromatic rings. The second kappa shape index (κ2) is 11.2. The van der Waals surface area contributed by atoms with Crippen molar-refractivity contribution in [3.63, 3.8) is 0 Å². The molecule has 1 aliphatic heterocycles. The third kappa shape index (κ3) is 5.68. The number of hydrogen-bond acceptors (Lipinski definition) is 6. The highest BCUT2D eigenvalue weighted by atomic mass is 16.3. The lowest BCUT2D eigenvalue weighted by molar-refractivity contribution is 0.111. The number of anilines is 2. The predicted octanol–water partition coefficient (Wildman–Crippen LogP) is 5.68. The zero-order valence-corrected chi connectivity index (χ0v) is 22.1. The van der Waals surface area contributed by atoms with E-state index in [2.05, 4.69) is 71.5 Å². The first-order valence-electron chi connectivity index (χ1n) is 13.9. The summed E-state index contributed by atoms with van der Waals surface area (Å²) in [5.74, 6) is 0.697. The predicted molar refractivity (Wildman–Crippen MR) is 149 cm³/mol. The van der Waals surface area contributed by atoms with E-state index in [1.807, 2.05) is 6.20 Å². The maximum atomic E-state index is 10.1. The van der Waals surface area contributed by atoms with E-state index in [-0.39, 0.29) is 6.10 Å². The molecule has 0 amide bonds. The number of piperidine rings is 1. The first-order chi connectivity index (χ1) is 17.5. The van der Waals surface area contributed by atoms with Gasteiger partial charge in [-0.3, -0.25) is 0 Å². The fourth-order valence-electron chi connectivity index (χ4n) is 5.80. The van der Waals surface area contributed by atoms with Gasteiger partial charge in [-0.2, -0.15) is 4.98 Å². The minimum Gasteiger partial charge on any atom is -0.393 e. The molecule has 1 aliphatic carbocycles. The van der Waals surface area contributed by atoms with Crippen LogP contribution in [0.2, 0.25) is 0 Å². The van der Waals surface area contributed by atoms with Crippen molar-refractivity contribution in [3.8, 4) is 11.1 Å². The number of nitrogens with one attached hydrogen (secondary N) is 2. The van der Waals surface area contributed by atoms with Crippen LogP contribution in [0.3, 0.4) is 0 Å². The van der Waals surface area contributed by atoms with Gasteiger partial charge in [0.15, 0.2) is 0 Å². The van der Waals surface area contributed by atoms with Gasteiger partial charge < -0.3 is 25.2 Å². The van der Waals surface area contributed by atoms with E-state index >= 15 is 0 Å². The monoisotopic (exact) mass is 490 g/mol. The zero-order valence-electron chi connectivity index (χ0n) is 22.1. The van der Waals surface area contributed by atoms with E-state index in [4.69, 9.17) is 9.97 Å². The molecule has 36 heavy (non-hydrogen) atoms. The van der Waals surface area contributed by atoms with Gasteiger partial charge in [-0.05, 0) is 89.7 Å². The number of aliphatic hydroxyl groups excluding tert-OH is 1. The molecule has 1 atom stereocenters. The highest BCUT2D eigenvalue weighted by Gasteiger charge is 2.24. The molecule has 1 aromatic carbocycles. The van der Waals surface area contributed by atoms with Crippen molar-refractivity contribution in [1.82, 2.24) is 19.4 Å². The van der Waals surface area contributed by atoms with Gasteiger partial charge >= 0.3 is 0 Å². The Hall–Kier alpha value is -2.64. The van der Waals surface area contributed by atoms with E-state index in [0.717, 1.165) is 62.6 Å². The average molecular weight is 491 g/mol. The number of fused-ring (bicyclic) bond motifs is 1. The minimum atomic E-state index is -0.172. The van der Waals surface area contributed by atoms with Gasteiger partial charge in [0.1, 0.15) is 5.65 Å². The lowest BCUT2D eigenvalue weighted by Crippen LogP contribution is -2.36. The lowest BCUT2D eigenvalue weighted by atomic mass is 9.93. The number of aliphatic hydroxyl groups is 1. The van der Waals surface area contributed by atoms with Gasteiger partial charge in [0.2, 0.25) is 5.95 Å². The Bertz CT molecular complexity index is 1130. The molecule has 3 N–H and O–H groups in total. The number of hydrogen-bond donors (Lipinski definition) is 3. The van der Waals surface area contributed by atoms with Gasteiger partial charge in [-0.15, -0.1) is 0 Å². The first-order valence-corrected chi connectivity index (χ1v) is 13.9. The maximum absolute atomic E-state index is 10.1. The Morgan fingerprint density at radius 1 is 1.06 bits per heavy atom. The summed E-state index contributed by atoms with van der Waals surface area (Å²) in [6, 6.07) is 10.1. The Labute approximate surface area is 215 Å². The van der Waals surface area contributed by atoms with Gasteiger partial charge in [0.25, 0.3) is 0 Å². The normalized spacial score (nSPS) is 22.6. The molecule has 7 heteroatoms. The smallest absolute Gasteiger partial charge is 0.224 e. The summed E-state index contributed by atoms with van der Waals surface area (Å²) in [5, 5.41) is 18.4. The van der Waals surface area contributed by atoms with Crippen LogP contribution < -0.4 is 10.6 Å². The highest BCUT2D eigenvalue weighted by Crippen LogP contribution is 2.37. The third-order valence-corrected chi connectivity index (χ3v) is 8.01. The third-order valence-electron chi connectivity index (χ3n) is 8.01. The van der Waals surface area contributed by atoms with E-state index in [1.165, 1.54) is 29.7 Å². The Kier molecular flexibility index (Phi) is 7.77. The molecule has 5 rings (SSSR count). The Morgan fingerprint density at radius 3 is 2.47 bits per heavy atom. The maximum Gasteiger partial charge on any atom is 0.224 e. The molecule has 0 spiro atoms. The standard InChI is InChI=1S/C29H42N6O/c1-4-5-20(2)31-29-30-18-26-27(19-35(28(26)33-29)24-10-12-25(36)13-11-24)21-6-8-22(9-7-21)32-23-14-16-34(3)17-15-23/h6-9,18-20,23-25,32,36H,4-5,10-17H2,1-3H3,(H,30,31,33)/t20-,24-,25-/m0/s1. The molecule has 1 saturated carbocycles. The molecule has 2 aromatic heterocycles. The van der Waals surface area contributed by atoms with Crippen LogP contribution in [0.15, 0.2) is 36.7 Å². The first kappa shape index (κ1) is 25.0. The summed E-state index contributed by atoms with van der Waals surface area (Å²) >= 11 is 0. The van der Waals surface area contributed by atoms with Gasteiger partial charge in [-0.1, -0.05) is 25.5 Å². The van der Waals surface area contributed by atoms with E-state index in [9.17, 15) is 5.11 Å². The van der Waals surface area contributed by atoms with Crippen molar-refractivity contribution in [2.24, 2.45) is 0 Å². The molecule has 0 radical (unpaired) electrons. The van der Waals surface area contributed by atoms with Crippen LogP contribution in [-0.2, 0) is 0 Å². The van der Waals surface area contributed by atoms with Crippen LogP contribution in [-0.4, -0.2) is 62.9 Å². The summed E-state index contributed by atoms with van der Waals surface area (Å²) < 4.78 is 2.35. The van der Waals surface area contributed by atoms with E-state index < -0.39 is 0 Å².